The van der Waals surface area contributed by atoms with Gasteiger partial charge in [0.15, 0.2) is 0 Å². The quantitative estimate of drug-likeness (QED) is 0.589. The minimum atomic E-state index is -0.458. The maximum atomic E-state index is 11.5. The summed E-state index contributed by atoms with van der Waals surface area (Å²) in [6, 6.07) is 15.5. The van der Waals surface area contributed by atoms with Crippen LogP contribution in [0, 0.1) is 6.92 Å². The van der Waals surface area contributed by atoms with Gasteiger partial charge in [-0.2, -0.15) is 0 Å². The Morgan fingerprint density at radius 1 is 1.14 bits per heavy atom. The molecule has 0 spiro atoms. The van der Waals surface area contributed by atoms with Crippen LogP contribution in [-0.4, -0.2) is 5.24 Å². The molecule has 0 aliphatic carbocycles. The van der Waals surface area contributed by atoms with Crippen LogP contribution in [0.5, 0.6) is 5.75 Å². The van der Waals surface area contributed by atoms with Gasteiger partial charge in [-0.3, -0.25) is 4.79 Å². The SMILES string of the molecule is C/C=C(\C(=O)Cl)c1ccccc1COc1ccccc1C. The van der Waals surface area contributed by atoms with Crippen molar-refractivity contribution in [2.75, 3.05) is 0 Å². The van der Waals surface area contributed by atoms with Gasteiger partial charge in [0, 0.05) is 5.57 Å². The Bertz CT molecular complexity index is 674. The fraction of sp³-hybridized carbons (Fsp3) is 0.167. The van der Waals surface area contributed by atoms with Crippen molar-refractivity contribution < 1.29 is 9.53 Å². The minimum absolute atomic E-state index is 0.391. The van der Waals surface area contributed by atoms with Crippen LogP contribution in [0.25, 0.3) is 5.57 Å². The van der Waals surface area contributed by atoms with Crippen LogP contribution < -0.4 is 4.74 Å². The topological polar surface area (TPSA) is 26.3 Å². The van der Waals surface area contributed by atoms with Gasteiger partial charge in [-0.25, -0.2) is 0 Å². The minimum Gasteiger partial charge on any atom is -0.489 e. The molecule has 0 saturated heterocycles. The van der Waals surface area contributed by atoms with Crippen molar-refractivity contribution in [3.63, 3.8) is 0 Å². The summed E-state index contributed by atoms with van der Waals surface area (Å²) in [4.78, 5) is 11.5. The number of hydrogen-bond donors (Lipinski definition) is 0. The number of rotatable bonds is 5. The molecule has 0 atom stereocenters. The molecule has 2 aromatic rings. The fourth-order valence-corrected chi connectivity index (χ4v) is 2.37. The lowest BCUT2D eigenvalue weighted by Gasteiger charge is -2.13. The first-order chi connectivity index (χ1) is 10.1. The number of carbonyl (C=O) groups excluding carboxylic acids is 1. The highest BCUT2D eigenvalue weighted by molar-refractivity contribution is 6.74. The van der Waals surface area contributed by atoms with Crippen LogP contribution in [-0.2, 0) is 11.4 Å². The molecule has 2 aromatic carbocycles. The summed E-state index contributed by atoms with van der Waals surface area (Å²) in [6.07, 6.45) is 1.72. The van der Waals surface area contributed by atoms with Gasteiger partial charge in [0.1, 0.15) is 12.4 Å². The first-order valence-corrected chi connectivity index (χ1v) is 7.14. The Hall–Kier alpha value is -2.06. The van der Waals surface area contributed by atoms with Crippen molar-refractivity contribution in [3.8, 4) is 5.75 Å². The third kappa shape index (κ3) is 3.73. The van der Waals surface area contributed by atoms with E-state index >= 15 is 0 Å². The molecule has 2 nitrogen and oxygen atoms in total. The number of carbonyl (C=O) groups is 1. The Morgan fingerprint density at radius 2 is 1.81 bits per heavy atom. The van der Waals surface area contributed by atoms with Gasteiger partial charge >= 0.3 is 0 Å². The summed E-state index contributed by atoms with van der Waals surface area (Å²) < 4.78 is 5.86. The lowest BCUT2D eigenvalue weighted by Crippen LogP contribution is -2.03. The van der Waals surface area contributed by atoms with Gasteiger partial charge in [0.25, 0.3) is 5.24 Å². The second kappa shape index (κ2) is 7.09. The van der Waals surface area contributed by atoms with Crippen molar-refractivity contribution in [1.29, 1.82) is 0 Å². The zero-order valence-corrected chi connectivity index (χ0v) is 12.9. The number of aryl methyl sites for hydroxylation is 1. The molecule has 0 radical (unpaired) electrons. The number of ether oxygens (including phenoxy) is 1. The van der Waals surface area contributed by atoms with Crippen LogP contribution in [0.1, 0.15) is 23.6 Å². The molecule has 0 aliphatic heterocycles. The number of allylic oxidation sites excluding steroid dienone is 2. The van der Waals surface area contributed by atoms with Crippen molar-refractivity contribution in [1.82, 2.24) is 0 Å². The molecular formula is C18H17ClO2. The fourth-order valence-electron chi connectivity index (χ4n) is 2.16. The van der Waals surface area contributed by atoms with E-state index in [0.29, 0.717) is 12.2 Å². The Morgan fingerprint density at radius 3 is 2.48 bits per heavy atom. The van der Waals surface area contributed by atoms with Gasteiger partial charge in [0.05, 0.1) is 0 Å². The van der Waals surface area contributed by atoms with E-state index in [9.17, 15) is 4.79 Å². The zero-order valence-electron chi connectivity index (χ0n) is 12.1. The number of hydrogen-bond acceptors (Lipinski definition) is 2. The van der Waals surface area contributed by atoms with E-state index in [0.717, 1.165) is 22.4 Å². The van der Waals surface area contributed by atoms with Gasteiger partial charge in [-0.1, -0.05) is 48.5 Å². The van der Waals surface area contributed by atoms with Gasteiger partial charge in [-0.15, -0.1) is 0 Å². The highest BCUT2D eigenvalue weighted by Crippen LogP contribution is 2.24. The molecule has 0 bridgehead atoms. The van der Waals surface area contributed by atoms with Gasteiger partial charge in [-0.05, 0) is 48.2 Å². The average Bonchev–Trinajstić information content (AvgIpc) is 2.48. The molecule has 2 rings (SSSR count). The lowest BCUT2D eigenvalue weighted by atomic mass is 10.0. The maximum Gasteiger partial charge on any atom is 0.252 e. The molecule has 0 aliphatic rings. The normalized spacial score (nSPS) is 11.3. The smallest absolute Gasteiger partial charge is 0.252 e. The predicted molar refractivity (Wildman–Crippen MR) is 86.5 cm³/mol. The summed E-state index contributed by atoms with van der Waals surface area (Å²) in [5.41, 5.74) is 3.33. The van der Waals surface area contributed by atoms with E-state index in [1.54, 1.807) is 13.0 Å². The van der Waals surface area contributed by atoms with Crippen LogP contribution >= 0.6 is 11.6 Å². The third-order valence-electron chi connectivity index (χ3n) is 3.28. The summed E-state index contributed by atoms with van der Waals surface area (Å²) in [5.74, 6) is 0.839. The zero-order chi connectivity index (χ0) is 15.2. The van der Waals surface area contributed by atoms with Crippen molar-refractivity contribution >= 4 is 22.4 Å². The van der Waals surface area contributed by atoms with E-state index in [-0.39, 0.29) is 0 Å². The molecule has 0 aromatic heterocycles. The van der Waals surface area contributed by atoms with Crippen molar-refractivity contribution in [3.05, 3.63) is 71.3 Å². The summed E-state index contributed by atoms with van der Waals surface area (Å²) in [7, 11) is 0. The molecule has 0 amide bonds. The van der Waals surface area contributed by atoms with Gasteiger partial charge < -0.3 is 4.74 Å². The summed E-state index contributed by atoms with van der Waals surface area (Å²) in [5, 5.41) is -0.458. The Labute approximate surface area is 130 Å². The average molecular weight is 301 g/mol. The molecule has 0 unspecified atom stereocenters. The van der Waals surface area contributed by atoms with Crippen LogP contribution in [0.15, 0.2) is 54.6 Å². The number of para-hydroxylation sites is 1. The lowest BCUT2D eigenvalue weighted by molar-refractivity contribution is -0.106. The van der Waals surface area contributed by atoms with Crippen LogP contribution in [0.2, 0.25) is 0 Å². The Kier molecular flexibility index (Phi) is 5.18. The van der Waals surface area contributed by atoms with Crippen LogP contribution in [0.4, 0.5) is 0 Å². The second-order valence-corrected chi connectivity index (χ2v) is 5.03. The predicted octanol–water partition coefficient (Wildman–Crippen LogP) is 4.74. The molecule has 0 saturated carbocycles. The first kappa shape index (κ1) is 15.3. The first-order valence-electron chi connectivity index (χ1n) is 6.76. The number of benzene rings is 2. The molecule has 108 valence electrons. The third-order valence-corrected chi connectivity index (χ3v) is 3.49. The molecular weight excluding hydrogens is 284 g/mol. The molecule has 0 N–H and O–H groups in total. The van der Waals surface area contributed by atoms with E-state index in [4.69, 9.17) is 16.3 Å². The highest BCUT2D eigenvalue weighted by Gasteiger charge is 2.12. The standard InChI is InChI=1S/C18H17ClO2/c1-3-15(18(19)20)16-10-6-5-9-14(16)12-21-17-11-7-4-8-13(17)2/h3-11H,12H2,1-2H3/b15-3-. The summed E-state index contributed by atoms with van der Waals surface area (Å²) in [6.45, 7) is 4.19. The van der Waals surface area contributed by atoms with Crippen molar-refractivity contribution in [2.24, 2.45) is 0 Å². The largest absolute Gasteiger partial charge is 0.489 e. The van der Waals surface area contributed by atoms with Crippen LogP contribution in [0.3, 0.4) is 0 Å². The van der Waals surface area contributed by atoms with Gasteiger partial charge in [0.2, 0.25) is 0 Å². The molecule has 0 fully saturated rings. The molecule has 21 heavy (non-hydrogen) atoms. The summed E-state index contributed by atoms with van der Waals surface area (Å²) >= 11 is 5.64. The van der Waals surface area contributed by atoms with E-state index in [2.05, 4.69) is 0 Å². The van der Waals surface area contributed by atoms with E-state index in [1.165, 1.54) is 0 Å². The van der Waals surface area contributed by atoms with Crippen molar-refractivity contribution in [2.45, 2.75) is 20.5 Å². The Balaban J connectivity index is 2.25. The number of halogens is 1. The molecule has 0 heterocycles. The van der Waals surface area contributed by atoms with E-state index < -0.39 is 5.24 Å². The highest BCUT2D eigenvalue weighted by atomic mass is 35.5. The van der Waals surface area contributed by atoms with E-state index in [1.807, 2.05) is 55.5 Å². The monoisotopic (exact) mass is 300 g/mol. The molecule has 3 heteroatoms. The maximum absolute atomic E-state index is 11.5. The second-order valence-electron chi connectivity index (χ2n) is 4.69.